The van der Waals surface area contributed by atoms with Gasteiger partial charge in [0.25, 0.3) is 0 Å². The summed E-state index contributed by atoms with van der Waals surface area (Å²) in [5.74, 6) is 1.02. The van der Waals surface area contributed by atoms with E-state index in [-0.39, 0.29) is 5.92 Å². The van der Waals surface area contributed by atoms with Crippen LogP contribution in [0.25, 0.3) is 0 Å². The minimum absolute atomic E-state index is 0.231. The second-order valence-corrected chi connectivity index (χ2v) is 3.05. The molecule has 2 nitrogen and oxygen atoms in total. The minimum atomic E-state index is 0.231. The number of nitrogens with one attached hydrogen (secondary N) is 1. The fraction of sp³-hybridized carbons (Fsp3) is 0.714. The topological polar surface area (TPSA) is 40.9 Å². The van der Waals surface area contributed by atoms with E-state index in [4.69, 9.17) is 5.41 Å². The van der Waals surface area contributed by atoms with Crippen molar-refractivity contribution < 1.29 is 4.79 Å². The maximum atomic E-state index is 10.6. The molecule has 0 amide bonds. The molecule has 98 valence electrons. The van der Waals surface area contributed by atoms with Crippen LogP contribution in [0.5, 0.6) is 0 Å². The highest BCUT2D eigenvalue weighted by atomic mass is 16.1. The monoisotopic (exact) mass is 229 g/mol. The van der Waals surface area contributed by atoms with E-state index < -0.39 is 0 Å². The molecule has 0 fully saturated rings. The number of hydrogen-bond donors (Lipinski definition) is 1. The third kappa shape index (κ3) is 29.2. The Bertz CT molecular complexity index is 145. The lowest BCUT2D eigenvalue weighted by molar-refractivity contribution is -0.121. The van der Waals surface area contributed by atoms with Gasteiger partial charge in [-0.1, -0.05) is 61.1 Å². The van der Waals surface area contributed by atoms with Gasteiger partial charge in [-0.2, -0.15) is 0 Å². The third-order valence-corrected chi connectivity index (χ3v) is 1.76. The van der Waals surface area contributed by atoms with E-state index in [1.165, 1.54) is 6.08 Å². The van der Waals surface area contributed by atoms with Crippen LogP contribution in [0.2, 0.25) is 0 Å². The molecule has 16 heavy (non-hydrogen) atoms. The molecule has 0 radical (unpaired) electrons. The van der Waals surface area contributed by atoms with E-state index in [0.29, 0.717) is 11.7 Å². The van der Waals surface area contributed by atoms with Crippen molar-refractivity contribution in [1.29, 1.82) is 5.41 Å². The van der Waals surface area contributed by atoms with Gasteiger partial charge >= 0.3 is 0 Å². The van der Waals surface area contributed by atoms with Gasteiger partial charge in [0.2, 0.25) is 0 Å². The number of carbonyl (C=O) groups is 1. The van der Waals surface area contributed by atoms with Crippen molar-refractivity contribution in [2.75, 3.05) is 0 Å². The maximum absolute atomic E-state index is 10.6. The van der Waals surface area contributed by atoms with Crippen molar-refractivity contribution in [2.45, 2.75) is 55.4 Å². The zero-order valence-electron chi connectivity index (χ0n) is 12.4. The van der Waals surface area contributed by atoms with Crippen molar-refractivity contribution in [1.82, 2.24) is 0 Å². The smallest absolute Gasteiger partial charge is 0.132 e. The van der Waals surface area contributed by atoms with E-state index in [2.05, 4.69) is 20.4 Å². The van der Waals surface area contributed by atoms with Gasteiger partial charge in [0, 0.05) is 12.1 Å². The summed E-state index contributed by atoms with van der Waals surface area (Å²) in [7, 11) is 0. The second-order valence-electron chi connectivity index (χ2n) is 3.05. The molecule has 0 heterocycles. The molecule has 0 aliphatic rings. The van der Waals surface area contributed by atoms with Crippen LogP contribution in [0.1, 0.15) is 55.4 Å². The summed E-state index contributed by atoms with van der Waals surface area (Å²) < 4.78 is 0. The van der Waals surface area contributed by atoms with E-state index in [0.717, 1.165) is 6.21 Å². The Kier molecular flexibility index (Phi) is 36.1. The first kappa shape index (κ1) is 24.4. The molecule has 0 saturated carbocycles. The van der Waals surface area contributed by atoms with Gasteiger partial charge < -0.3 is 5.41 Å². The molecule has 1 N–H and O–H groups in total. The quantitative estimate of drug-likeness (QED) is 0.698. The highest BCUT2D eigenvalue weighted by Crippen LogP contribution is 2.09. The molecule has 0 aromatic heterocycles. The van der Waals surface area contributed by atoms with E-state index >= 15 is 0 Å². The summed E-state index contributed by atoms with van der Waals surface area (Å²) in [6, 6.07) is 0. The highest BCUT2D eigenvalue weighted by molar-refractivity contribution is 5.78. The summed E-state index contributed by atoms with van der Waals surface area (Å²) in [6.45, 7) is 19.0. The zero-order valence-corrected chi connectivity index (χ0v) is 12.4. The predicted octanol–water partition coefficient (Wildman–Crippen LogP) is 4.74. The number of allylic oxidation sites excluding steroid dienone is 1. The van der Waals surface area contributed by atoms with Gasteiger partial charge in [0.1, 0.15) is 5.78 Å². The van der Waals surface area contributed by atoms with Crippen LogP contribution < -0.4 is 0 Å². The molecule has 0 rings (SSSR count). The molecule has 0 saturated heterocycles. The van der Waals surface area contributed by atoms with Crippen LogP contribution in [-0.4, -0.2) is 12.0 Å². The molecule has 0 aromatic rings. The molecule has 0 aliphatic heterocycles. The largest absolute Gasteiger partial charge is 0.309 e. The zero-order chi connectivity index (χ0) is 14.1. The highest BCUT2D eigenvalue weighted by Gasteiger charge is 2.10. The number of rotatable bonds is 3. The van der Waals surface area contributed by atoms with Crippen LogP contribution in [0.3, 0.4) is 0 Å². The summed E-state index contributed by atoms with van der Waals surface area (Å²) in [6.07, 6.45) is 2.56. The molecular weight excluding hydrogens is 198 g/mol. The average Bonchev–Trinajstić information content (AvgIpc) is 2.33. The molecule has 1 atom stereocenters. The van der Waals surface area contributed by atoms with Gasteiger partial charge in [-0.05, 0) is 12.8 Å². The number of carbonyl (C=O) groups excluding carboxylic acids is 1. The third-order valence-electron chi connectivity index (χ3n) is 1.76. The molecule has 1 unspecified atom stereocenters. The van der Waals surface area contributed by atoms with Crippen LogP contribution in [0, 0.1) is 17.2 Å². The fourth-order valence-electron chi connectivity index (χ4n) is 0.469. The van der Waals surface area contributed by atoms with Gasteiger partial charge in [-0.15, -0.1) is 0 Å². The lowest BCUT2D eigenvalue weighted by Gasteiger charge is -2.09. The van der Waals surface area contributed by atoms with Crippen LogP contribution in [-0.2, 0) is 4.79 Å². The first-order valence-electron chi connectivity index (χ1n) is 6.09. The van der Waals surface area contributed by atoms with Gasteiger partial charge in [-0.25, -0.2) is 0 Å². The Morgan fingerprint density at radius 3 is 1.38 bits per heavy atom. The molecule has 0 bridgehead atoms. The lowest BCUT2D eigenvalue weighted by Crippen LogP contribution is -2.12. The summed E-state index contributed by atoms with van der Waals surface area (Å²) in [5.41, 5.74) is 0. The standard InChI is InChI=1S/C7H14O.C3H5N.2C2H6/c1-5(2)6(3)7(4)8;1-2-3-4;2*1-2/h5-6H,1-4H3;2-4H,1H2;2*1-2H3. The molecular formula is C14H31NO. The molecule has 0 aromatic carbocycles. The van der Waals surface area contributed by atoms with Crippen molar-refractivity contribution in [3.8, 4) is 0 Å². The summed E-state index contributed by atoms with van der Waals surface area (Å²) in [5, 5.41) is 6.21. The number of Topliss-reactive ketones (excluding diaryl/α,β-unsaturated/α-hetero) is 1. The average molecular weight is 229 g/mol. The SMILES string of the molecule is C=CC=N.CC.CC.CC(=O)C(C)C(C)C. The number of hydrogen-bond acceptors (Lipinski definition) is 2. The van der Waals surface area contributed by atoms with Crippen LogP contribution in [0.4, 0.5) is 0 Å². The maximum Gasteiger partial charge on any atom is 0.132 e. The van der Waals surface area contributed by atoms with Gasteiger partial charge in [0.15, 0.2) is 0 Å². The van der Waals surface area contributed by atoms with Crippen molar-refractivity contribution in [3.05, 3.63) is 12.7 Å². The van der Waals surface area contributed by atoms with Crippen LogP contribution >= 0.6 is 0 Å². The minimum Gasteiger partial charge on any atom is -0.309 e. The predicted molar refractivity (Wildman–Crippen MR) is 76.4 cm³/mol. The Morgan fingerprint density at radius 2 is 1.38 bits per heavy atom. The second kappa shape index (κ2) is 23.7. The van der Waals surface area contributed by atoms with Crippen molar-refractivity contribution >= 4 is 12.0 Å². The Labute approximate surface area is 103 Å². The summed E-state index contributed by atoms with van der Waals surface area (Å²) in [4.78, 5) is 10.6. The Hall–Kier alpha value is -0.920. The van der Waals surface area contributed by atoms with Crippen LogP contribution in [0.15, 0.2) is 12.7 Å². The van der Waals surface area contributed by atoms with Crippen molar-refractivity contribution in [2.24, 2.45) is 11.8 Å². The fourth-order valence-corrected chi connectivity index (χ4v) is 0.469. The molecule has 0 aliphatic carbocycles. The Balaban J connectivity index is -0.0000000761. The summed E-state index contributed by atoms with van der Waals surface area (Å²) >= 11 is 0. The van der Waals surface area contributed by atoms with Gasteiger partial charge in [0.05, 0.1) is 0 Å². The van der Waals surface area contributed by atoms with E-state index in [1.807, 2.05) is 34.6 Å². The van der Waals surface area contributed by atoms with Crippen molar-refractivity contribution in [3.63, 3.8) is 0 Å². The first-order chi connectivity index (χ1) is 7.47. The lowest BCUT2D eigenvalue weighted by atomic mass is 9.95. The molecule has 0 spiro atoms. The molecule has 2 heteroatoms. The van der Waals surface area contributed by atoms with E-state index in [1.54, 1.807) is 6.92 Å². The van der Waals surface area contributed by atoms with E-state index in [9.17, 15) is 4.79 Å². The Morgan fingerprint density at radius 1 is 1.12 bits per heavy atom. The normalized spacial score (nSPS) is 9.06. The van der Waals surface area contributed by atoms with Gasteiger partial charge in [-0.3, -0.25) is 4.79 Å². The number of ketones is 1. The first-order valence-corrected chi connectivity index (χ1v) is 6.09.